The van der Waals surface area contributed by atoms with Gasteiger partial charge in [-0.3, -0.25) is 0 Å². The van der Waals surface area contributed by atoms with Crippen molar-refractivity contribution >= 4 is 17.3 Å². The number of aromatic nitrogens is 1. The lowest BCUT2D eigenvalue weighted by Crippen LogP contribution is -2.32. The zero-order valence-electron chi connectivity index (χ0n) is 11.0. The Morgan fingerprint density at radius 2 is 1.94 bits per heavy atom. The van der Waals surface area contributed by atoms with Gasteiger partial charge in [-0.1, -0.05) is 27.7 Å². The van der Waals surface area contributed by atoms with Gasteiger partial charge in [0, 0.05) is 5.41 Å². The Morgan fingerprint density at radius 3 is 2.24 bits per heavy atom. The van der Waals surface area contributed by atoms with Crippen LogP contribution in [0.1, 0.15) is 61.4 Å². The number of rotatable bonds is 3. The van der Waals surface area contributed by atoms with Gasteiger partial charge in [0.1, 0.15) is 9.88 Å². The fourth-order valence-corrected chi connectivity index (χ4v) is 2.61. The van der Waals surface area contributed by atoms with Gasteiger partial charge in [-0.25, -0.2) is 9.78 Å². The van der Waals surface area contributed by atoms with Crippen LogP contribution in [0.3, 0.4) is 0 Å². The molecule has 0 radical (unpaired) electrons. The maximum atomic E-state index is 11.2. The zero-order chi connectivity index (χ0) is 13.4. The molecule has 0 saturated heterocycles. The molecular weight excluding hydrogens is 236 g/mol. The van der Waals surface area contributed by atoms with Crippen LogP contribution in [0.4, 0.5) is 0 Å². The molecule has 0 spiro atoms. The number of thiazole rings is 1. The highest BCUT2D eigenvalue weighted by Gasteiger charge is 2.31. The maximum absolute atomic E-state index is 11.2. The van der Waals surface area contributed by atoms with Crippen LogP contribution in [0, 0.1) is 0 Å². The average molecular weight is 256 g/mol. The van der Waals surface area contributed by atoms with E-state index in [-0.39, 0.29) is 5.41 Å². The van der Waals surface area contributed by atoms with Crippen LogP contribution in [0.5, 0.6) is 0 Å². The first-order valence-corrected chi connectivity index (χ1v) is 6.45. The first-order chi connectivity index (χ1) is 7.59. The molecule has 96 valence electrons. The number of aromatic carboxylic acids is 1. The van der Waals surface area contributed by atoms with Gasteiger partial charge in [0.15, 0.2) is 0 Å². The number of hydrogen-bond donors (Lipinski definition) is 2. The van der Waals surface area contributed by atoms with Gasteiger partial charge in [0.2, 0.25) is 0 Å². The highest BCUT2D eigenvalue weighted by atomic mass is 32.1. The van der Waals surface area contributed by atoms with Crippen LogP contribution in [0.15, 0.2) is 0 Å². The molecule has 0 aliphatic rings. The van der Waals surface area contributed by atoms with E-state index in [4.69, 9.17) is 5.73 Å². The summed E-state index contributed by atoms with van der Waals surface area (Å²) in [7, 11) is 0. The summed E-state index contributed by atoms with van der Waals surface area (Å²) in [6.45, 7) is 9.72. The second-order valence-electron chi connectivity index (χ2n) is 5.52. The molecule has 0 saturated carbocycles. The summed E-state index contributed by atoms with van der Waals surface area (Å²) in [5, 5.41) is 9.91. The van der Waals surface area contributed by atoms with E-state index in [0.717, 1.165) is 6.42 Å². The Hall–Kier alpha value is -0.940. The number of nitrogens with two attached hydrogens (primary N) is 1. The first kappa shape index (κ1) is 14.1. The topological polar surface area (TPSA) is 76.2 Å². The molecule has 1 atom stereocenters. The van der Waals surface area contributed by atoms with Crippen molar-refractivity contribution in [1.29, 1.82) is 0 Å². The predicted octanol–water partition coefficient (Wildman–Crippen LogP) is 2.72. The van der Waals surface area contributed by atoms with Crippen LogP contribution >= 0.6 is 11.3 Å². The predicted molar refractivity (Wildman–Crippen MR) is 69.6 cm³/mol. The molecule has 0 amide bonds. The van der Waals surface area contributed by atoms with E-state index >= 15 is 0 Å². The fourth-order valence-electron chi connectivity index (χ4n) is 1.37. The molecule has 1 aromatic rings. The number of carboxylic acids is 1. The third kappa shape index (κ3) is 2.84. The molecule has 1 rings (SSSR count). The lowest BCUT2D eigenvalue weighted by atomic mass is 9.91. The molecule has 1 unspecified atom stereocenters. The van der Waals surface area contributed by atoms with Crippen molar-refractivity contribution in [2.24, 2.45) is 5.73 Å². The van der Waals surface area contributed by atoms with Gasteiger partial charge < -0.3 is 10.8 Å². The minimum absolute atomic E-state index is 0.285. The Morgan fingerprint density at radius 1 is 1.41 bits per heavy atom. The molecule has 1 aromatic heterocycles. The molecule has 0 aromatic carbocycles. The summed E-state index contributed by atoms with van der Waals surface area (Å²) in [5.41, 5.74) is 5.90. The van der Waals surface area contributed by atoms with Crippen molar-refractivity contribution < 1.29 is 9.90 Å². The zero-order valence-corrected chi connectivity index (χ0v) is 11.8. The molecule has 17 heavy (non-hydrogen) atoms. The van der Waals surface area contributed by atoms with Crippen LogP contribution in [0.2, 0.25) is 0 Å². The van der Waals surface area contributed by atoms with Crippen molar-refractivity contribution in [1.82, 2.24) is 4.98 Å². The standard InChI is InChI=1S/C12H20N2O2S/c1-6-12(5,13)10-14-8(11(2,3)4)7(17-10)9(15)16/h6,13H2,1-5H3,(H,15,16). The minimum atomic E-state index is -0.925. The molecular formula is C12H20N2O2S. The monoisotopic (exact) mass is 256 g/mol. The van der Waals surface area contributed by atoms with Gasteiger partial charge in [-0.15, -0.1) is 11.3 Å². The second-order valence-corrected chi connectivity index (χ2v) is 6.52. The normalized spacial score (nSPS) is 15.6. The van der Waals surface area contributed by atoms with Gasteiger partial charge >= 0.3 is 5.97 Å². The molecule has 4 nitrogen and oxygen atoms in total. The Labute approximate surface area is 106 Å². The lowest BCUT2D eigenvalue weighted by molar-refractivity contribution is 0.0699. The number of nitrogens with zero attached hydrogens (tertiary/aromatic N) is 1. The lowest BCUT2D eigenvalue weighted by Gasteiger charge is -2.20. The molecule has 5 heteroatoms. The van der Waals surface area contributed by atoms with Gasteiger partial charge in [-0.2, -0.15) is 0 Å². The molecule has 0 fully saturated rings. The highest BCUT2D eigenvalue weighted by Crippen LogP contribution is 2.34. The molecule has 1 heterocycles. The van der Waals surface area contributed by atoms with Gasteiger partial charge in [0.25, 0.3) is 0 Å². The van der Waals surface area contributed by atoms with Crippen LogP contribution in [-0.4, -0.2) is 16.1 Å². The molecule has 0 aliphatic heterocycles. The SMILES string of the molecule is CCC(C)(N)c1nc(C(C)(C)C)c(C(=O)O)s1. The molecule has 0 bridgehead atoms. The summed E-state index contributed by atoms with van der Waals surface area (Å²) in [4.78, 5) is 16.0. The number of carbonyl (C=O) groups is 1. The van der Waals surface area contributed by atoms with Crippen molar-refractivity contribution in [2.45, 2.75) is 52.0 Å². The third-order valence-corrected chi connectivity index (χ3v) is 4.08. The number of hydrogen-bond acceptors (Lipinski definition) is 4. The van der Waals surface area contributed by atoms with E-state index in [1.807, 2.05) is 34.6 Å². The van der Waals surface area contributed by atoms with E-state index in [1.54, 1.807) is 0 Å². The van der Waals surface area contributed by atoms with E-state index in [9.17, 15) is 9.90 Å². The molecule has 0 aliphatic carbocycles. The van der Waals surface area contributed by atoms with E-state index in [2.05, 4.69) is 4.98 Å². The van der Waals surface area contributed by atoms with E-state index in [0.29, 0.717) is 15.6 Å². The van der Waals surface area contributed by atoms with Crippen molar-refractivity contribution in [2.75, 3.05) is 0 Å². The summed E-state index contributed by atoms with van der Waals surface area (Å²) in [5.74, 6) is -0.925. The summed E-state index contributed by atoms with van der Waals surface area (Å²) in [6, 6.07) is 0. The van der Waals surface area contributed by atoms with Gasteiger partial charge in [-0.05, 0) is 13.3 Å². The third-order valence-electron chi connectivity index (χ3n) is 2.75. The van der Waals surface area contributed by atoms with E-state index < -0.39 is 11.5 Å². The summed E-state index contributed by atoms with van der Waals surface area (Å²) >= 11 is 1.19. The minimum Gasteiger partial charge on any atom is -0.477 e. The second kappa shape index (κ2) is 4.38. The first-order valence-electron chi connectivity index (χ1n) is 5.63. The van der Waals surface area contributed by atoms with Crippen molar-refractivity contribution in [3.63, 3.8) is 0 Å². The van der Waals surface area contributed by atoms with Crippen molar-refractivity contribution in [3.8, 4) is 0 Å². The smallest absolute Gasteiger partial charge is 0.347 e. The quantitative estimate of drug-likeness (QED) is 0.871. The van der Waals surface area contributed by atoms with Crippen LogP contribution in [-0.2, 0) is 11.0 Å². The van der Waals surface area contributed by atoms with Crippen LogP contribution < -0.4 is 5.73 Å². The maximum Gasteiger partial charge on any atom is 0.347 e. The number of carboxylic acid groups (broad SMARTS) is 1. The Balaban J connectivity index is 3.37. The Bertz CT molecular complexity index is 430. The summed E-state index contributed by atoms with van der Waals surface area (Å²) in [6.07, 6.45) is 0.725. The fraction of sp³-hybridized carbons (Fsp3) is 0.667. The largest absolute Gasteiger partial charge is 0.477 e. The Kier molecular flexibility index (Phi) is 3.64. The summed E-state index contributed by atoms with van der Waals surface area (Å²) < 4.78 is 0. The average Bonchev–Trinajstić information content (AvgIpc) is 2.61. The highest BCUT2D eigenvalue weighted by molar-refractivity contribution is 7.13. The van der Waals surface area contributed by atoms with Crippen LogP contribution in [0.25, 0.3) is 0 Å². The van der Waals surface area contributed by atoms with Gasteiger partial charge in [0.05, 0.1) is 11.2 Å². The molecule has 3 N–H and O–H groups in total. The van der Waals surface area contributed by atoms with E-state index in [1.165, 1.54) is 11.3 Å². The van der Waals surface area contributed by atoms with Crippen molar-refractivity contribution in [3.05, 3.63) is 15.6 Å².